The van der Waals surface area contributed by atoms with E-state index in [1.54, 1.807) is 25.3 Å². The Bertz CT molecular complexity index is 495. The molecular weight excluding hydrogens is 282 g/mol. The Balaban J connectivity index is 1.82. The molecule has 5 nitrogen and oxygen atoms in total. The molecule has 0 amide bonds. The molecule has 0 aromatic heterocycles. The summed E-state index contributed by atoms with van der Waals surface area (Å²) in [6, 6.07) is 5.03. The van der Waals surface area contributed by atoms with Gasteiger partial charge in [-0.1, -0.05) is 0 Å². The van der Waals surface area contributed by atoms with Crippen molar-refractivity contribution in [1.29, 1.82) is 0 Å². The SMILES string of the molecule is COCCCN1CCC(Oc2ccc(C(=O)O)cc2C)CC1. The lowest BCUT2D eigenvalue weighted by Gasteiger charge is -2.32. The first-order chi connectivity index (χ1) is 10.6. The Kier molecular flexibility index (Phi) is 6.21. The van der Waals surface area contributed by atoms with Gasteiger partial charge in [0.2, 0.25) is 0 Å². The highest BCUT2D eigenvalue weighted by Crippen LogP contribution is 2.24. The molecule has 122 valence electrons. The van der Waals surface area contributed by atoms with Crippen molar-refractivity contribution in [2.45, 2.75) is 32.3 Å². The summed E-state index contributed by atoms with van der Waals surface area (Å²) < 4.78 is 11.1. The highest BCUT2D eigenvalue weighted by Gasteiger charge is 2.20. The molecule has 0 aliphatic carbocycles. The number of hydrogen-bond donors (Lipinski definition) is 1. The smallest absolute Gasteiger partial charge is 0.335 e. The van der Waals surface area contributed by atoms with Crippen molar-refractivity contribution in [3.05, 3.63) is 29.3 Å². The van der Waals surface area contributed by atoms with Crippen LogP contribution >= 0.6 is 0 Å². The van der Waals surface area contributed by atoms with Gasteiger partial charge in [0.25, 0.3) is 0 Å². The van der Waals surface area contributed by atoms with Crippen LogP contribution < -0.4 is 4.74 Å². The van der Waals surface area contributed by atoms with E-state index in [4.69, 9.17) is 14.6 Å². The summed E-state index contributed by atoms with van der Waals surface area (Å²) in [6.45, 7) is 5.86. The van der Waals surface area contributed by atoms with E-state index in [1.807, 2.05) is 6.92 Å². The third-order valence-electron chi connectivity index (χ3n) is 4.07. The van der Waals surface area contributed by atoms with Crippen LogP contribution in [0.2, 0.25) is 0 Å². The number of carboxylic acid groups (broad SMARTS) is 1. The van der Waals surface area contributed by atoms with Crippen LogP contribution in [0.15, 0.2) is 18.2 Å². The Labute approximate surface area is 131 Å². The zero-order valence-corrected chi connectivity index (χ0v) is 13.4. The summed E-state index contributed by atoms with van der Waals surface area (Å²) in [4.78, 5) is 13.4. The molecule has 5 heteroatoms. The number of benzene rings is 1. The summed E-state index contributed by atoms with van der Waals surface area (Å²) in [5.74, 6) is -0.109. The van der Waals surface area contributed by atoms with Crippen LogP contribution in [-0.4, -0.2) is 55.4 Å². The van der Waals surface area contributed by atoms with Crippen LogP contribution in [-0.2, 0) is 4.74 Å². The van der Waals surface area contributed by atoms with Gasteiger partial charge in [-0.15, -0.1) is 0 Å². The van der Waals surface area contributed by atoms with E-state index in [0.29, 0.717) is 5.56 Å². The monoisotopic (exact) mass is 307 g/mol. The first kappa shape index (κ1) is 16.8. The van der Waals surface area contributed by atoms with E-state index in [-0.39, 0.29) is 6.10 Å². The summed E-state index contributed by atoms with van der Waals surface area (Å²) in [7, 11) is 1.73. The number of aromatic carboxylic acids is 1. The highest BCUT2D eigenvalue weighted by molar-refractivity contribution is 5.88. The molecular formula is C17H25NO4. The summed E-state index contributed by atoms with van der Waals surface area (Å²) in [5, 5.41) is 8.98. The largest absolute Gasteiger partial charge is 0.490 e. The van der Waals surface area contributed by atoms with Crippen molar-refractivity contribution in [3.63, 3.8) is 0 Å². The fraction of sp³-hybridized carbons (Fsp3) is 0.588. The third-order valence-corrected chi connectivity index (χ3v) is 4.07. The Morgan fingerprint density at radius 3 is 2.68 bits per heavy atom. The predicted molar refractivity (Wildman–Crippen MR) is 84.7 cm³/mol. The van der Waals surface area contributed by atoms with Crippen molar-refractivity contribution >= 4 is 5.97 Å². The van der Waals surface area contributed by atoms with E-state index < -0.39 is 5.97 Å². The summed E-state index contributed by atoms with van der Waals surface area (Å²) in [6.07, 6.45) is 3.30. The van der Waals surface area contributed by atoms with E-state index in [1.165, 1.54) is 0 Å². The molecule has 1 heterocycles. The minimum atomic E-state index is -0.904. The van der Waals surface area contributed by atoms with Gasteiger partial charge in [0.05, 0.1) is 5.56 Å². The molecule has 1 aromatic rings. The lowest BCUT2D eigenvalue weighted by Crippen LogP contribution is -2.39. The Morgan fingerprint density at radius 2 is 2.09 bits per heavy atom. The molecule has 22 heavy (non-hydrogen) atoms. The van der Waals surface area contributed by atoms with Gasteiger partial charge in [-0.3, -0.25) is 0 Å². The molecule has 1 aliphatic rings. The second-order valence-corrected chi connectivity index (χ2v) is 5.79. The molecule has 0 radical (unpaired) electrons. The minimum absolute atomic E-state index is 0.216. The Hall–Kier alpha value is -1.59. The third kappa shape index (κ3) is 4.71. The van der Waals surface area contributed by atoms with Gasteiger partial charge in [0.1, 0.15) is 11.9 Å². The molecule has 0 atom stereocenters. The number of methoxy groups -OCH3 is 1. The lowest BCUT2D eigenvalue weighted by atomic mass is 10.1. The normalized spacial score (nSPS) is 16.6. The highest BCUT2D eigenvalue weighted by atomic mass is 16.5. The first-order valence-corrected chi connectivity index (χ1v) is 7.82. The van der Waals surface area contributed by atoms with E-state index in [2.05, 4.69) is 4.90 Å². The molecule has 2 rings (SSSR count). The predicted octanol–water partition coefficient (Wildman–Crippen LogP) is 2.57. The topological polar surface area (TPSA) is 59.0 Å². The van der Waals surface area contributed by atoms with Crippen LogP contribution in [0.25, 0.3) is 0 Å². The number of carbonyl (C=O) groups is 1. The average molecular weight is 307 g/mol. The van der Waals surface area contributed by atoms with Gasteiger partial charge in [0, 0.05) is 33.4 Å². The lowest BCUT2D eigenvalue weighted by molar-refractivity contribution is 0.0696. The molecule has 1 saturated heterocycles. The molecule has 0 unspecified atom stereocenters. The van der Waals surface area contributed by atoms with Gasteiger partial charge >= 0.3 is 5.97 Å². The van der Waals surface area contributed by atoms with Crippen LogP contribution in [0.1, 0.15) is 35.2 Å². The number of ether oxygens (including phenoxy) is 2. The van der Waals surface area contributed by atoms with Crippen LogP contribution in [0, 0.1) is 6.92 Å². The van der Waals surface area contributed by atoms with Gasteiger partial charge < -0.3 is 19.5 Å². The number of carboxylic acids is 1. The number of rotatable bonds is 7. The number of nitrogens with zero attached hydrogens (tertiary/aromatic N) is 1. The van der Waals surface area contributed by atoms with Crippen molar-refractivity contribution in [2.24, 2.45) is 0 Å². The van der Waals surface area contributed by atoms with Crippen LogP contribution in [0.3, 0.4) is 0 Å². The Morgan fingerprint density at radius 1 is 1.36 bits per heavy atom. The first-order valence-electron chi connectivity index (χ1n) is 7.82. The van der Waals surface area contributed by atoms with Gasteiger partial charge in [-0.25, -0.2) is 4.79 Å². The van der Waals surface area contributed by atoms with Crippen molar-refractivity contribution in [2.75, 3.05) is 33.4 Å². The number of likely N-dealkylation sites (tertiary alicyclic amines) is 1. The maximum Gasteiger partial charge on any atom is 0.335 e. The molecule has 0 spiro atoms. The van der Waals surface area contributed by atoms with Crippen LogP contribution in [0.5, 0.6) is 5.75 Å². The molecule has 1 aromatic carbocycles. The zero-order chi connectivity index (χ0) is 15.9. The minimum Gasteiger partial charge on any atom is -0.490 e. The molecule has 1 N–H and O–H groups in total. The van der Waals surface area contributed by atoms with Crippen molar-refractivity contribution in [3.8, 4) is 5.75 Å². The maximum absolute atomic E-state index is 10.9. The van der Waals surface area contributed by atoms with Crippen molar-refractivity contribution in [1.82, 2.24) is 4.90 Å². The second-order valence-electron chi connectivity index (χ2n) is 5.79. The fourth-order valence-corrected chi connectivity index (χ4v) is 2.78. The van der Waals surface area contributed by atoms with Gasteiger partial charge in [0.15, 0.2) is 0 Å². The van der Waals surface area contributed by atoms with E-state index >= 15 is 0 Å². The average Bonchev–Trinajstić information content (AvgIpc) is 2.51. The van der Waals surface area contributed by atoms with Gasteiger partial charge in [-0.2, -0.15) is 0 Å². The number of hydrogen-bond acceptors (Lipinski definition) is 4. The maximum atomic E-state index is 10.9. The molecule has 0 saturated carbocycles. The standard InChI is InChI=1S/C17H25NO4/c1-13-12-14(17(19)20)4-5-16(13)22-15-6-9-18(10-7-15)8-3-11-21-2/h4-5,12,15H,3,6-11H2,1-2H3,(H,19,20). The zero-order valence-electron chi connectivity index (χ0n) is 13.4. The number of piperidine rings is 1. The van der Waals surface area contributed by atoms with Gasteiger partial charge in [-0.05, 0) is 49.9 Å². The summed E-state index contributed by atoms with van der Waals surface area (Å²) in [5.41, 5.74) is 1.18. The van der Waals surface area contributed by atoms with Crippen LogP contribution in [0.4, 0.5) is 0 Å². The molecule has 1 fully saturated rings. The van der Waals surface area contributed by atoms with Crippen molar-refractivity contribution < 1.29 is 19.4 Å². The van der Waals surface area contributed by atoms with E-state index in [9.17, 15) is 4.79 Å². The second kappa shape index (κ2) is 8.15. The fourth-order valence-electron chi connectivity index (χ4n) is 2.78. The quantitative estimate of drug-likeness (QED) is 0.785. The summed E-state index contributed by atoms with van der Waals surface area (Å²) >= 11 is 0. The molecule has 1 aliphatic heterocycles. The molecule has 0 bridgehead atoms. The number of aryl methyl sites for hydroxylation is 1. The van der Waals surface area contributed by atoms with E-state index in [0.717, 1.165) is 56.8 Å².